The van der Waals surface area contributed by atoms with Crippen molar-refractivity contribution in [3.8, 4) is 0 Å². The lowest BCUT2D eigenvalue weighted by Gasteiger charge is -2.42. The summed E-state index contributed by atoms with van der Waals surface area (Å²) in [4.78, 5) is 44.1. The summed E-state index contributed by atoms with van der Waals surface area (Å²) in [7, 11) is 0. The van der Waals surface area contributed by atoms with Crippen LogP contribution in [0.15, 0.2) is 43.0 Å². The fourth-order valence-corrected chi connectivity index (χ4v) is 8.21. The summed E-state index contributed by atoms with van der Waals surface area (Å²) in [5.41, 5.74) is -0.336. The first-order valence-corrected chi connectivity index (χ1v) is 14.2. The van der Waals surface area contributed by atoms with Crippen LogP contribution in [0, 0.1) is 11.8 Å². The third-order valence-electron chi connectivity index (χ3n) is 8.79. The minimum Gasteiger partial charge on any atom is -0.481 e. The Hall–Kier alpha value is -2.23. The second kappa shape index (κ2) is 10.5. The Kier molecular flexibility index (Phi) is 7.49. The molecule has 1 saturated carbocycles. The Bertz CT molecular complexity index is 1050. The smallest absolute Gasteiger partial charge is 0.310 e. The van der Waals surface area contributed by atoms with Gasteiger partial charge in [-0.25, -0.2) is 0 Å². The number of carbonyl (C=O) groups excluding carboxylic acids is 2. The summed E-state index contributed by atoms with van der Waals surface area (Å²) in [6, 6.07) is 7.84. The van der Waals surface area contributed by atoms with Gasteiger partial charge in [-0.05, 0) is 31.2 Å². The third kappa shape index (κ3) is 4.33. The number of rotatable bonds is 9. The molecule has 0 aromatic heterocycles. The van der Waals surface area contributed by atoms with Crippen LogP contribution in [0.25, 0.3) is 0 Å². The SMILES string of the molecule is C=CCN(C(=O)[C@H]1N([C@@H](CO)Cc2ccccc2)C(=O)[C@@H]2[C@@H](C(=O)O)[C@@H]3O[C@@]21CC3Br)C1CCCCC1. The molecule has 1 aromatic carbocycles. The van der Waals surface area contributed by atoms with Gasteiger partial charge in [0.25, 0.3) is 0 Å². The summed E-state index contributed by atoms with van der Waals surface area (Å²) in [6.07, 6.45) is 6.68. The molecule has 0 radical (unpaired) electrons. The molecular formula is C28H35BrN2O6. The number of ether oxygens (including phenoxy) is 1. The van der Waals surface area contributed by atoms with Crippen LogP contribution >= 0.6 is 15.9 Å². The zero-order valence-corrected chi connectivity index (χ0v) is 22.5. The molecule has 1 spiro atoms. The van der Waals surface area contributed by atoms with Gasteiger partial charge in [0, 0.05) is 17.4 Å². The molecule has 4 fully saturated rings. The largest absolute Gasteiger partial charge is 0.481 e. The van der Waals surface area contributed by atoms with Gasteiger partial charge in [-0.3, -0.25) is 14.4 Å². The van der Waals surface area contributed by atoms with Crippen LogP contribution in [-0.4, -0.2) is 85.6 Å². The quantitative estimate of drug-likeness (QED) is 0.347. The van der Waals surface area contributed by atoms with Crippen molar-refractivity contribution >= 4 is 33.7 Å². The molecule has 2 N–H and O–H groups in total. The maximum absolute atomic E-state index is 14.5. The Morgan fingerprint density at radius 3 is 2.57 bits per heavy atom. The Balaban J connectivity index is 1.58. The number of amides is 2. The Morgan fingerprint density at radius 2 is 1.95 bits per heavy atom. The average molecular weight is 575 g/mol. The van der Waals surface area contributed by atoms with Crippen molar-refractivity contribution < 1.29 is 29.3 Å². The topological polar surface area (TPSA) is 107 Å². The van der Waals surface area contributed by atoms with Gasteiger partial charge in [0.2, 0.25) is 11.8 Å². The molecule has 37 heavy (non-hydrogen) atoms. The molecule has 3 heterocycles. The van der Waals surface area contributed by atoms with Crippen molar-refractivity contribution in [2.45, 2.75) is 79.6 Å². The Labute approximate surface area is 225 Å². The van der Waals surface area contributed by atoms with Crippen LogP contribution in [0.5, 0.6) is 0 Å². The number of aliphatic carboxylic acids is 1. The molecule has 4 aliphatic rings. The van der Waals surface area contributed by atoms with E-state index < -0.39 is 47.5 Å². The predicted molar refractivity (Wildman–Crippen MR) is 140 cm³/mol. The Morgan fingerprint density at radius 1 is 1.24 bits per heavy atom. The van der Waals surface area contributed by atoms with Gasteiger partial charge in [0.15, 0.2) is 0 Å². The molecule has 200 valence electrons. The molecule has 1 unspecified atom stereocenters. The van der Waals surface area contributed by atoms with Gasteiger partial charge in [-0.1, -0.05) is 71.6 Å². The van der Waals surface area contributed by atoms with Crippen LogP contribution in [0.2, 0.25) is 0 Å². The molecule has 7 atom stereocenters. The van der Waals surface area contributed by atoms with E-state index in [0.29, 0.717) is 19.4 Å². The number of nitrogens with zero attached hydrogens (tertiary/aromatic N) is 2. The first kappa shape index (κ1) is 26.4. The zero-order chi connectivity index (χ0) is 26.3. The molecular weight excluding hydrogens is 540 g/mol. The van der Waals surface area contributed by atoms with Crippen molar-refractivity contribution in [1.82, 2.24) is 9.80 Å². The zero-order valence-electron chi connectivity index (χ0n) is 20.9. The number of halogens is 1. The van der Waals surface area contributed by atoms with E-state index in [1.165, 1.54) is 4.90 Å². The van der Waals surface area contributed by atoms with E-state index in [4.69, 9.17) is 4.74 Å². The van der Waals surface area contributed by atoms with Gasteiger partial charge >= 0.3 is 5.97 Å². The highest BCUT2D eigenvalue weighted by Gasteiger charge is 2.77. The molecule has 2 amide bonds. The second-order valence-corrected chi connectivity index (χ2v) is 12.0. The number of hydrogen-bond acceptors (Lipinski definition) is 5. The molecule has 9 heteroatoms. The van der Waals surface area contributed by atoms with E-state index in [1.54, 1.807) is 6.08 Å². The van der Waals surface area contributed by atoms with E-state index in [-0.39, 0.29) is 23.4 Å². The average Bonchev–Trinajstić information content (AvgIpc) is 3.50. The molecule has 3 aliphatic heterocycles. The molecule has 2 bridgehead atoms. The van der Waals surface area contributed by atoms with Gasteiger partial charge in [0.1, 0.15) is 11.6 Å². The van der Waals surface area contributed by atoms with Crippen LogP contribution in [0.3, 0.4) is 0 Å². The monoisotopic (exact) mass is 574 g/mol. The van der Waals surface area contributed by atoms with Crippen molar-refractivity contribution in [3.63, 3.8) is 0 Å². The second-order valence-electron chi connectivity index (χ2n) is 10.8. The molecule has 5 rings (SSSR count). The van der Waals surface area contributed by atoms with E-state index in [1.807, 2.05) is 35.2 Å². The van der Waals surface area contributed by atoms with E-state index in [0.717, 1.165) is 37.7 Å². The fourth-order valence-electron chi connectivity index (χ4n) is 7.27. The highest BCUT2D eigenvalue weighted by molar-refractivity contribution is 9.09. The minimum atomic E-state index is -1.26. The first-order valence-electron chi connectivity index (χ1n) is 13.3. The number of carboxylic acid groups (broad SMARTS) is 1. The number of fused-ring (bicyclic) bond motifs is 1. The van der Waals surface area contributed by atoms with Gasteiger partial charge in [-0.2, -0.15) is 0 Å². The van der Waals surface area contributed by atoms with Gasteiger partial charge in [0.05, 0.1) is 30.6 Å². The molecule has 1 aromatic rings. The van der Waals surface area contributed by atoms with E-state index in [9.17, 15) is 24.6 Å². The van der Waals surface area contributed by atoms with Crippen molar-refractivity contribution in [2.24, 2.45) is 11.8 Å². The summed E-state index contributed by atoms with van der Waals surface area (Å²) in [5, 5.41) is 20.6. The molecule has 1 aliphatic carbocycles. The summed E-state index contributed by atoms with van der Waals surface area (Å²) in [5.74, 6) is -3.77. The van der Waals surface area contributed by atoms with Crippen LogP contribution in [0.1, 0.15) is 44.1 Å². The van der Waals surface area contributed by atoms with Crippen molar-refractivity contribution in [1.29, 1.82) is 0 Å². The fraction of sp³-hybridized carbons (Fsp3) is 0.607. The number of carbonyl (C=O) groups is 3. The van der Waals surface area contributed by atoms with Gasteiger partial charge in [-0.15, -0.1) is 6.58 Å². The highest BCUT2D eigenvalue weighted by atomic mass is 79.9. The lowest BCUT2D eigenvalue weighted by atomic mass is 9.70. The minimum absolute atomic E-state index is 0.0296. The molecule has 3 saturated heterocycles. The third-order valence-corrected chi connectivity index (χ3v) is 9.63. The number of benzene rings is 1. The highest BCUT2D eigenvalue weighted by Crippen LogP contribution is 2.60. The summed E-state index contributed by atoms with van der Waals surface area (Å²) >= 11 is 3.60. The van der Waals surface area contributed by atoms with Gasteiger partial charge < -0.3 is 24.7 Å². The maximum Gasteiger partial charge on any atom is 0.310 e. The number of aliphatic hydroxyl groups excluding tert-OH is 1. The standard InChI is InChI=1S/C28H35BrN2O6/c1-2-13-30(18-11-7-4-8-12-18)26(34)24-28-15-20(29)23(37-28)21(27(35)36)22(28)25(33)31(24)19(16-32)14-17-9-5-3-6-10-17/h2-3,5-6,9-10,18-24,32H,1,4,7-8,11-16H2,(H,35,36)/t19-,20?,21-,22+,23-,24-,28+/m1/s1. The summed E-state index contributed by atoms with van der Waals surface area (Å²) < 4.78 is 6.42. The first-order chi connectivity index (χ1) is 17.8. The van der Waals surface area contributed by atoms with Crippen molar-refractivity contribution in [2.75, 3.05) is 13.2 Å². The normalized spacial score (nSPS) is 33.8. The van der Waals surface area contributed by atoms with E-state index in [2.05, 4.69) is 22.5 Å². The molecule has 8 nitrogen and oxygen atoms in total. The number of hydrogen-bond donors (Lipinski definition) is 2. The van der Waals surface area contributed by atoms with Crippen molar-refractivity contribution in [3.05, 3.63) is 48.6 Å². The predicted octanol–water partition coefficient (Wildman–Crippen LogP) is 2.77. The number of aliphatic hydroxyl groups is 1. The lowest BCUT2D eigenvalue weighted by molar-refractivity contribution is -0.154. The maximum atomic E-state index is 14.5. The number of carboxylic acids is 1. The summed E-state index contributed by atoms with van der Waals surface area (Å²) in [6.45, 7) is 3.87. The number of likely N-dealkylation sites (tertiary alicyclic amines) is 1. The number of alkyl halides is 1. The van der Waals surface area contributed by atoms with E-state index >= 15 is 0 Å². The van der Waals surface area contributed by atoms with Crippen LogP contribution in [0.4, 0.5) is 0 Å². The lowest BCUT2D eigenvalue weighted by Crippen LogP contribution is -2.60. The van der Waals surface area contributed by atoms with Crippen LogP contribution in [-0.2, 0) is 25.5 Å². The van der Waals surface area contributed by atoms with Crippen LogP contribution < -0.4 is 0 Å².